The van der Waals surface area contributed by atoms with Crippen LogP contribution in [0.5, 0.6) is 0 Å². The highest BCUT2D eigenvalue weighted by atomic mass is 16.4. The first-order valence-corrected chi connectivity index (χ1v) is 6.49. The van der Waals surface area contributed by atoms with Crippen LogP contribution in [-0.2, 0) is 17.9 Å². The molecule has 8 nitrogen and oxygen atoms in total. The Labute approximate surface area is 116 Å². The van der Waals surface area contributed by atoms with E-state index in [1.807, 2.05) is 0 Å². The summed E-state index contributed by atoms with van der Waals surface area (Å²) in [7, 11) is 0. The fraction of sp³-hybridized carbons (Fsp3) is 0.667. The molecule has 2 amide bonds. The smallest absolute Gasteiger partial charge is 0.325 e. The van der Waals surface area contributed by atoms with E-state index in [1.165, 1.54) is 10.9 Å². The van der Waals surface area contributed by atoms with Gasteiger partial charge in [-0.05, 0) is 11.8 Å². The summed E-state index contributed by atoms with van der Waals surface area (Å²) in [4.78, 5) is 24.3. The molecule has 0 aromatic carbocycles. The summed E-state index contributed by atoms with van der Waals surface area (Å²) >= 11 is 0. The molecule has 0 bridgehead atoms. The monoisotopic (exact) mass is 281 g/mol. The normalized spacial score (nSPS) is 17.2. The van der Waals surface area contributed by atoms with Crippen LogP contribution in [-0.4, -0.2) is 50.1 Å². The summed E-state index contributed by atoms with van der Waals surface area (Å²) in [5.74, 6) is -0.982. The molecule has 0 saturated carbocycles. The van der Waals surface area contributed by atoms with Gasteiger partial charge in [0.05, 0.1) is 12.7 Å². The molecule has 0 spiro atoms. The number of hydrogen-bond donors (Lipinski definition) is 2. The van der Waals surface area contributed by atoms with Crippen molar-refractivity contribution in [2.75, 3.05) is 13.1 Å². The highest BCUT2D eigenvalue weighted by Gasteiger charge is 2.31. The van der Waals surface area contributed by atoms with Crippen molar-refractivity contribution in [3.05, 3.63) is 11.9 Å². The molecule has 1 aromatic rings. The van der Waals surface area contributed by atoms with Crippen LogP contribution in [0.4, 0.5) is 4.79 Å². The molecular formula is C12H19N5O3. The number of carbonyl (C=O) groups excluding carboxylic acids is 1. The lowest BCUT2D eigenvalue weighted by molar-refractivity contribution is -0.137. The minimum atomic E-state index is -0.982. The molecule has 2 rings (SSSR count). The Balaban J connectivity index is 1.81. The van der Waals surface area contributed by atoms with Gasteiger partial charge in [-0.15, -0.1) is 5.10 Å². The van der Waals surface area contributed by atoms with Crippen LogP contribution < -0.4 is 5.32 Å². The van der Waals surface area contributed by atoms with Crippen LogP contribution in [0.25, 0.3) is 0 Å². The summed E-state index contributed by atoms with van der Waals surface area (Å²) < 4.78 is 1.22. The average Bonchev–Trinajstić information content (AvgIpc) is 2.92. The van der Waals surface area contributed by atoms with E-state index < -0.39 is 5.97 Å². The van der Waals surface area contributed by atoms with Crippen molar-refractivity contribution in [3.63, 3.8) is 0 Å². The maximum atomic E-state index is 12.0. The van der Waals surface area contributed by atoms with Crippen molar-refractivity contribution in [2.24, 2.45) is 5.41 Å². The lowest BCUT2D eigenvalue weighted by Gasteiger charge is -2.19. The molecular weight excluding hydrogens is 262 g/mol. The highest BCUT2D eigenvalue weighted by Crippen LogP contribution is 2.28. The Morgan fingerprint density at radius 1 is 1.50 bits per heavy atom. The number of carboxylic acids is 1. The number of carboxylic acid groups (broad SMARTS) is 1. The highest BCUT2D eigenvalue weighted by molar-refractivity contribution is 5.74. The number of carbonyl (C=O) groups is 2. The topological polar surface area (TPSA) is 100 Å². The number of aromatic nitrogens is 3. The number of amides is 2. The summed E-state index contributed by atoms with van der Waals surface area (Å²) in [6, 6.07) is -0.122. The first-order chi connectivity index (χ1) is 9.35. The van der Waals surface area contributed by atoms with Gasteiger partial charge in [0.25, 0.3) is 0 Å². The fourth-order valence-corrected chi connectivity index (χ4v) is 2.20. The van der Waals surface area contributed by atoms with Crippen molar-refractivity contribution >= 4 is 12.0 Å². The number of urea groups is 1. The third-order valence-electron chi connectivity index (χ3n) is 3.27. The van der Waals surface area contributed by atoms with E-state index >= 15 is 0 Å². The molecule has 2 N–H and O–H groups in total. The minimum absolute atomic E-state index is 0.122. The van der Waals surface area contributed by atoms with Gasteiger partial charge in [0, 0.05) is 13.1 Å². The minimum Gasteiger partial charge on any atom is -0.480 e. The first-order valence-electron chi connectivity index (χ1n) is 6.49. The SMILES string of the molecule is CC1(C)CCN(C(=O)NCc2cn(CC(=O)O)nn2)C1. The van der Waals surface area contributed by atoms with Gasteiger partial charge in [-0.1, -0.05) is 19.1 Å². The first kappa shape index (κ1) is 14.3. The van der Waals surface area contributed by atoms with Gasteiger partial charge in [-0.2, -0.15) is 0 Å². The average molecular weight is 281 g/mol. The van der Waals surface area contributed by atoms with Gasteiger partial charge in [0.2, 0.25) is 0 Å². The number of nitrogens with zero attached hydrogens (tertiary/aromatic N) is 4. The van der Waals surface area contributed by atoms with Crippen molar-refractivity contribution in [1.82, 2.24) is 25.2 Å². The van der Waals surface area contributed by atoms with Crippen LogP contribution in [0.1, 0.15) is 26.0 Å². The molecule has 1 aromatic heterocycles. The number of nitrogens with one attached hydrogen (secondary N) is 1. The van der Waals surface area contributed by atoms with E-state index in [9.17, 15) is 9.59 Å². The van der Waals surface area contributed by atoms with E-state index in [4.69, 9.17) is 5.11 Å². The summed E-state index contributed by atoms with van der Waals surface area (Å²) in [6.07, 6.45) is 2.51. The molecule has 20 heavy (non-hydrogen) atoms. The lowest BCUT2D eigenvalue weighted by atomic mass is 9.93. The Kier molecular flexibility index (Phi) is 3.91. The third-order valence-corrected chi connectivity index (χ3v) is 3.27. The number of hydrogen-bond acceptors (Lipinski definition) is 4. The van der Waals surface area contributed by atoms with Crippen LogP contribution in [0.2, 0.25) is 0 Å². The van der Waals surface area contributed by atoms with E-state index in [0.717, 1.165) is 19.5 Å². The standard InChI is InChI=1S/C12H19N5O3/c1-12(2)3-4-16(8-12)11(20)13-5-9-6-17(15-14-9)7-10(18)19/h6H,3-5,7-8H2,1-2H3,(H,13,20)(H,18,19). The largest absolute Gasteiger partial charge is 0.480 e. The Morgan fingerprint density at radius 3 is 2.85 bits per heavy atom. The fourth-order valence-electron chi connectivity index (χ4n) is 2.20. The summed E-state index contributed by atoms with van der Waals surface area (Å²) in [6.45, 7) is 5.78. The number of aliphatic carboxylic acids is 1. The predicted octanol–water partition coefficient (Wildman–Crippen LogP) is 0.304. The van der Waals surface area contributed by atoms with E-state index in [2.05, 4.69) is 29.5 Å². The van der Waals surface area contributed by atoms with Gasteiger partial charge in [-0.25, -0.2) is 9.48 Å². The number of likely N-dealkylation sites (tertiary alicyclic amines) is 1. The van der Waals surface area contributed by atoms with Gasteiger partial charge in [0.1, 0.15) is 12.2 Å². The molecule has 8 heteroatoms. The van der Waals surface area contributed by atoms with Gasteiger partial charge < -0.3 is 15.3 Å². The quantitative estimate of drug-likeness (QED) is 0.827. The molecule has 1 aliphatic heterocycles. The van der Waals surface area contributed by atoms with Gasteiger partial charge in [-0.3, -0.25) is 4.79 Å². The van der Waals surface area contributed by atoms with Crippen LogP contribution in [0.15, 0.2) is 6.20 Å². The van der Waals surface area contributed by atoms with E-state index in [0.29, 0.717) is 5.69 Å². The zero-order valence-corrected chi connectivity index (χ0v) is 11.7. The maximum Gasteiger partial charge on any atom is 0.325 e. The molecule has 2 heterocycles. The zero-order valence-electron chi connectivity index (χ0n) is 11.7. The zero-order chi connectivity index (χ0) is 14.8. The van der Waals surface area contributed by atoms with Crippen LogP contribution in [0.3, 0.4) is 0 Å². The molecule has 1 saturated heterocycles. The molecule has 110 valence electrons. The van der Waals surface area contributed by atoms with Crippen molar-refractivity contribution < 1.29 is 14.7 Å². The molecule has 1 fully saturated rings. The third kappa shape index (κ3) is 3.69. The lowest BCUT2D eigenvalue weighted by Crippen LogP contribution is -2.38. The van der Waals surface area contributed by atoms with Crippen LogP contribution in [0, 0.1) is 5.41 Å². The van der Waals surface area contributed by atoms with Gasteiger partial charge in [0.15, 0.2) is 0 Å². The molecule has 1 aliphatic rings. The van der Waals surface area contributed by atoms with Crippen LogP contribution >= 0.6 is 0 Å². The predicted molar refractivity (Wildman–Crippen MR) is 69.9 cm³/mol. The summed E-state index contributed by atoms with van der Waals surface area (Å²) in [5, 5.41) is 18.9. The second-order valence-corrected chi connectivity index (χ2v) is 5.80. The van der Waals surface area contributed by atoms with E-state index in [-0.39, 0.29) is 24.5 Å². The van der Waals surface area contributed by atoms with E-state index in [1.54, 1.807) is 4.90 Å². The second-order valence-electron chi connectivity index (χ2n) is 5.80. The molecule has 0 atom stereocenters. The molecule has 0 unspecified atom stereocenters. The van der Waals surface area contributed by atoms with Crippen molar-refractivity contribution in [2.45, 2.75) is 33.4 Å². The second kappa shape index (κ2) is 5.48. The van der Waals surface area contributed by atoms with Gasteiger partial charge >= 0.3 is 12.0 Å². The van der Waals surface area contributed by atoms with Crippen molar-refractivity contribution in [1.29, 1.82) is 0 Å². The maximum absolute atomic E-state index is 12.0. The molecule has 0 radical (unpaired) electrons. The van der Waals surface area contributed by atoms with Crippen molar-refractivity contribution in [3.8, 4) is 0 Å². The number of rotatable bonds is 4. The summed E-state index contributed by atoms with van der Waals surface area (Å²) in [5.41, 5.74) is 0.708. The Morgan fingerprint density at radius 2 is 2.25 bits per heavy atom. The molecule has 0 aliphatic carbocycles. The Bertz CT molecular complexity index is 511. The Hall–Kier alpha value is -2.12.